The summed E-state index contributed by atoms with van der Waals surface area (Å²) >= 11 is 5.87. The Labute approximate surface area is 85.2 Å². The summed E-state index contributed by atoms with van der Waals surface area (Å²) in [5, 5.41) is 1.15. The Morgan fingerprint density at radius 2 is 2.29 bits per heavy atom. The summed E-state index contributed by atoms with van der Waals surface area (Å²) in [6.07, 6.45) is 1.35. The van der Waals surface area contributed by atoms with E-state index in [1.807, 2.05) is 0 Å². The number of esters is 1. The van der Waals surface area contributed by atoms with Crippen molar-refractivity contribution in [2.24, 2.45) is 0 Å². The zero-order valence-electron chi connectivity index (χ0n) is 7.41. The number of carbonyl (C=O) groups excluding carboxylic acids is 1. The first-order valence-corrected chi connectivity index (χ1v) is 4.36. The van der Waals surface area contributed by atoms with E-state index in [0.717, 1.165) is 0 Å². The topological polar surface area (TPSA) is 39.4 Å². The SMILES string of the molecule is COC(=O)c1coc2c(Cl)cccc12. The normalized spacial score (nSPS) is 10.4. The van der Waals surface area contributed by atoms with E-state index in [1.165, 1.54) is 13.4 Å². The van der Waals surface area contributed by atoms with Crippen LogP contribution in [0.3, 0.4) is 0 Å². The van der Waals surface area contributed by atoms with Gasteiger partial charge < -0.3 is 9.15 Å². The van der Waals surface area contributed by atoms with Crippen molar-refractivity contribution in [1.29, 1.82) is 0 Å². The molecular weight excluding hydrogens is 204 g/mol. The lowest BCUT2D eigenvalue weighted by Gasteiger charge is -1.95. The Hall–Kier alpha value is -1.48. The Balaban J connectivity index is 2.70. The quantitative estimate of drug-likeness (QED) is 0.680. The number of para-hydroxylation sites is 1. The van der Waals surface area contributed by atoms with Crippen LogP contribution in [-0.4, -0.2) is 13.1 Å². The second kappa shape index (κ2) is 3.35. The summed E-state index contributed by atoms with van der Waals surface area (Å²) in [6.45, 7) is 0. The average Bonchev–Trinajstić information content (AvgIpc) is 2.62. The van der Waals surface area contributed by atoms with Crippen molar-refractivity contribution >= 4 is 28.5 Å². The Kier molecular flexibility index (Phi) is 2.17. The fraction of sp³-hybridized carbons (Fsp3) is 0.100. The molecule has 0 aliphatic heterocycles. The largest absolute Gasteiger partial charge is 0.465 e. The van der Waals surface area contributed by atoms with Crippen LogP contribution in [0.2, 0.25) is 5.02 Å². The van der Waals surface area contributed by atoms with Gasteiger partial charge in [0.05, 0.1) is 12.1 Å². The van der Waals surface area contributed by atoms with Crippen molar-refractivity contribution < 1.29 is 13.9 Å². The molecule has 1 aromatic carbocycles. The molecule has 14 heavy (non-hydrogen) atoms. The van der Waals surface area contributed by atoms with Gasteiger partial charge >= 0.3 is 5.97 Å². The number of hydrogen-bond donors (Lipinski definition) is 0. The Morgan fingerprint density at radius 3 is 3.00 bits per heavy atom. The van der Waals surface area contributed by atoms with E-state index in [4.69, 9.17) is 16.0 Å². The number of halogens is 1. The molecule has 3 nitrogen and oxygen atoms in total. The predicted molar refractivity (Wildman–Crippen MR) is 52.6 cm³/mol. The molecule has 0 aliphatic carbocycles. The van der Waals surface area contributed by atoms with Gasteiger partial charge in [-0.1, -0.05) is 23.7 Å². The maximum absolute atomic E-state index is 11.3. The van der Waals surface area contributed by atoms with Crippen LogP contribution in [0.25, 0.3) is 11.0 Å². The first-order chi connectivity index (χ1) is 6.74. The smallest absolute Gasteiger partial charge is 0.341 e. The highest BCUT2D eigenvalue weighted by atomic mass is 35.5. The molecule has 0 saturated carbocycles. The van der Waals surface area contributed by atoms with Gasteiger partial charge in [-0.15, -0.1) is 0 Å². The van der Waals surface area contributed by atoms with Crippen LogP contribution >= 0.6 is 11.6 Å². The third kappa shape index (κ3) is 1.26. The van der Waals surface area contributed by atoms with Crippen LogP contribution < -0.4 is 0 Å². The second-order valence-electron chi connectivity index (χ2n) is 2.76. The van der Waals surface area contributed by atoms with Crippen molar-refractivity contribution in [2.75, 3.05) is 7.11 Å². The predicted octanol–water partition coefficient (Wildman–Crippen LogP) is 2.87. The van der Waals surface area contributed by atoms with E-state index in [0.29, 0.717) is 21.6 Å². The first-order valence-electron chi connectivity index (χ1n) is 3.98. The first kappa shape index (κ1) is 9.09. The molecule has 0 fully saturated rings. The summed E-state index contributed by atoms with van der Waals surface area (Å²) in [5.41, 5.74) is 0.902. The van der Waals surface area contributed by atoms with Crippen LogP contribution in [0.1, 0.15) is 10.4 Å². The van der Waals surface area contributed by atoms with Gasteiger partial charge in [0.1, 0.15) is 11.8 Å². The van der Waals surface area contributed by atoms with Gasteiger partial charge in [0.25, 0.3) is 0 Å². The lowest BCUT2D eigenvalue weighted by atomic mass is 10.2. The number of furan rings is 1. The highest BCUT2D eigenvalue weighted by Crippen LogP contribution is 2.27. The van der Waals surface area contributed by atoms with Gasteiger partial charge in [-0.05, 0) is 6.07 Å². The van der Waals surface area contributed by atoms with Gasteiger partial charge in [0.15, 0.2) is 5.58 Å². The van der Waals surface area contributed by atoms with Crippen LogP contribution in [0.4, 0.5) is 0 Å². The standard InChI is InChI=1S/C10H7ClO3/c1-13-10(12)7-5-14-9-6(7)3-2-4-8(9)11/h2-5H,1H3. The zero-order chi connectivity index (χ0) is 10.1. The zero-order valence-corrected chi connectivity index (χ0v) is 8.17. The highest BCUT2D eigenvalue weighted by Gasteiger charge is 2.14. The molecule has 0 N–H and O–H groups in total. The monoisotopic (exact) mass is 210 g/mol. The molecule has 0 radical (unpaired) electrons. The van der Waals surface area contributed by atoms with Crippen molar-refractivity contribution in [3.63, 3.8) is 0 Å². The summed E-state index contributed by atoms with van der Waals surface area (Å²) in [5.74, 6) is -0.425. The number of fused-ring (bicyclic) bond motifs is 1. The van der Waals surface area contributed by atoms with Crippen molar-refractivity contribution in [2.45, 2.75) is 0 Å². The van der Waals surface area contributed by atoms with Crippen LogP contribution in [0, 0.1) is 0 Å². The molecule has 0 aliphatic rings. The fourth-order valence-corrected chi connectivity index (χ4v) is 1.51. The number of hydrogen-bond acceptors (Lipinski definition) is 3. The number of rotatable bonds is 1. The molecule has 0 atom stereocenters. The lowest BCUT2D eigenvalue weighted by Crippen LogP contribution is -1.99. The third-order valence-corrected chi connectivity index (χ3v) is 2.25. The van der Waals surface area contributed by atoms with E-state index < -0.39 is 5.97 Å². The third-order valence-electron chi connectivity index (χ3n) is 1.96. The van der Waals surface area contributed by atoms with E-state index in [-0.39, 0.29) is 0 Å². The Bertz CT molecular complexity index is 487. The summed E-state index contributed by atoms with van der Waals surface area (Å²) in [4.78, 5) is 11.3. The molecule has 2 rings (SSSR count). The van der Waals surface area contributed by atoms with Crippen LogP contribution in [-0.2, 0) is 4.74 Å². The summed E-state index contributed by atoms with van der Waals surface area (Å²) < 4.78 is 9.77. The maximum atomic E-state index is 11.3. The minimum absolute atomic E-state index is 0.394. The van der Waals surface area contributed by atoms with E-state index in [9.17, 15) is 4.79 Å². The number of ether oxygens (including phenoxy) is 1. The maximum Gasteiger partial charge on any atom is 0.341 e. The van der Waals surface area contributed by atoms with E-state index in [1.54, 1.807) is 18.2 Å². The van der Waals surface area contributed by atoms with E-state index in [2.05, 4.69) is 4.74 Å². The molecule has 72 valence electrons. The molecule has 1 heterocycles. The van der Waals surface area contributed by atoms with Gasteiger partial charge in [-0.3, -0.25) is 0 Å². The number of benzene rings is 1. The average molecular weight is 211 g/mol. The van der Waals surface area contributed by atoms with Crippen LogP contribution in [0.5, 0.6) is 0 Å². The second-order valence-corrected chi connectivity index (χ2v) is 3.16. The molecular formula is C10H7ClO3. The molecule has 2 aromatic rings. The van der Waals surface area contributed by atoms with Gasteiger partial charge in [-0.25, -0.2) is 4.79 Å². The van der Waals surface area contributed by atoms with Crippen molar-refractivity contribution in [3.8, 4) is 0 Å². The summed E-state index contributed by atoms with van der Waals surface area (Å²) in [6, 6.07) is 5.22. The minimum Gasteiger partial charge on any atom is -0.465 e. The molecule has 4 heteroatoms. The molecule has 0 amide bonds. The lowest BCUT2D eigenvalue weighted by molar-refractivity contribution is 0.0602. The molecule has 0 bridgehead atoms. The van der Waals surface area contributed by atoms with Crippen molar-refractivity contribution in [1.82, 2.24) is 0 Å². The van der Waals surface area contributed by atoms with Gasteiger partial charge in [0.2, 0.25) is 0 Å². The molecule has 0 spiro atoms. The number of methoxy groups -OCH3 is 1. The van der Waals surface area contributed by atoms with Gasteiger partial charge in [0, 0.05) is 5.39 Å². The Morgan fingerprint density at radius 1 is 1.50 bits per heavy atom. The van der Waals surface area contributed by atoms with Gasteiger partial charge in [-0.2, -0.15) is 0 Å². The van der Waals surface area contributed by atoms with Crippen molar-refractivity contribution in [3.05, 3.63) is 35.0 Å². The van der Waals surface area contributed by atoms with E-state index >= 15 is 0 Å². The number of carbonyl (C=O) groups is 1. The molecule has 0 saturated heterocycles. The fourth-order valence-electron chi connectivity index (χ4n) is 1.29. The highest BCUT2D eigenvalue weighted by molar-refractivity contribution is 6.35. The van der Waals surface area contributed by atoms with Crippen LogP contribution in [0.15, 0.2) is 28.9 Å². The molecule has 0 unspecified atom stereocenters. The summed E-state index contributed by atoms with van der Waals surface area (Å²) in [7, 11) is 1.33. The molecule has 1 aromatic heterocycles. The minimum atomic E-state index is -0.425.